The lowest BCUT2D eigenvalue weighted by Gasteiger charge is -2.16. The van der Waals surface area contributed by atoms with Crippen LogP contribution in [0.25, 0.3) is 10.9 Å². The molecule has 1 unspecified atom stereocenters. The Bertz CT molecular complexity index is 676. The van der Waals surface area contributed by atoms with Crippen molar-refractivity contribution in [3.63, 3.8) is 0 Å². The van der Waals surface area contributed by atoms with Gasteiger partial charge in [0.05, 0.1) is 24.8 Å². The molecule has 2 rings (SSSR count). The van der Waals surface area contributed by atoms with Crippen molar-refractivity contribution in [2.24, 2.45) is 0 Å². The summed E-state index contributed by atoms with van der Waals surface area (Å²) in [5, 5.41) is 27.9. The number of rotatable bonds is 4. The number of benzene rings is 1. The molecule has 1 atom stereocenters. The van der Waals surface area contributed by atoms with Crippen molar-refractivity contribution >= 4 is 16.9 Å². The molecular weight excluding hydrogens is 250 g/mol. The smallest absolute Gasteiger partial charge is 0.352 e. The Kier molecular flexibility index (Phi) is 3.64. The average molecular weight is 263 g/mol. The molecule has 6 heteroatoms. The largest absolute Gasteiger partial charge is 0.477 e. The van der Waals surface area contributed by atoms with Crippen LogP contribution in [-0.4, -0.2) is 38.6 Å². The highest BCUT2D eigenvalue weighted by molar-refractivity contribution is 5.90. The fraction of sp³-hybridized carbons (Fsp3) is 0.231. The van der Waals surface area contributed by atoms with Gasteiger partial charge in [-0.1, -0.05) is 12.1 Å². The predicted molar refractivity (Wildman–Crippen MR) is 68.3 cm³/mol. The van der Waals surface area contributed by atoms with E-state index in [2.05, 4.69) is 0 Å². The van der Waals surface area contributed by atoms with Gasteiger partial charge in [-0.15, -0.1) is 0 Å². The van der Waals surface area contributed by atoms with Crippen molar-refractivity contribution in [3.8, 4) is 0 Å². The van der Waals surface area contributed by atoms with E-state index in [1.54, 1.807) is 24.3 Å². The molecule has 0 bridgehead atoms. The molecule has 1 aromatic heterocycles. The van der Waals surface area contributed by atoms with E-state index in [0.29, 0.717) is 10.9 Å². The number of nitrogens with zero attached hydrogens (tertiary/aromatic N) is 1. The summed E-state index contributed by atoms with van der Waals surface area (Å²) in [7, 11) is 0. The molecule has 0 fully saturated rings. The van der Waals surface area contributed by atoms with Gasteiger partial charge in [-0.25, -0.2) is 4.79 Å². The Labute approximate surface area is 108 Å². The van der Waals surface area contributed by atoms with Crippen LogP contribution in [0.1, 0.15) is 10.5 Å². The number of hydrogen-bond donors (Lipinski definition) is 3. The van der Waals surface area contributed by atoms with E-state index in [1.807, 2.05) is 0 Å². The van der Waals surface area contributed by atoms with Crippen LogP contribution in [0.15, 0.2) is 35.1 Å². The zero-order chi connectivity index (χ0) is 14.0. The summed E-state index contributed by atoms with van der Waals surface area (Å²) in [4.78, 5) is 23.0. The summed E-state index contributed by atoms with van der Waals surface area (Å²) < 4.78 is 1.32. The third-order valence-electron chi connectivity index (χ3n) is 2.84. The van der Waals surface area contributed by atoms with E-state index in [9.17, 15) is 14.7 Å². The number of carbonyl (C=O) groups is 1. The molecule has 0 aliphatic heterocycles. The number of hydrogen-bond acceptors (Lipinski definition) is 4. The molecule has 1 aromatic carbocycles. The molecule has 0 radical (unpaired) electrons. The Morgan fingerprint density at radius 1 is 1.32 bits per heavy atom. The number of carboxylic acid groups (broad SMARTS) is 1. The number of aliphatic hydroxyl groups excluding tert-OH is 2. The van der Waals surface area contributed by atoms with Gasteiger partial charge in [-0.3, -0.25) is 4.79 Å². The van der Waals surface area contributed by atoms with Gasteiger partial charge in [0.1, 0.15) is 5.69 Å². The minimum atomic E-state index is -1.26. The predicted octanol–water partition coefficient (Wildman–Crippen LogP) is 0.0529. The molecule has 6 nitrogen and oxygen atoms in total. The van der Waals surface area contributed by atoms with Crippen LogP contribution in [0.4, 0.5) is 0 Å². The van der Waals surface area contributed by atoms with Crippen molar-refractivity contribution < 1.29 is 20.1 Å². The van der Waals surface area contributed by atoms with Crippen LogP contribution >= 0.6 is 0 Å². The second-order valence-corrected chi connectivity index (χ2v) is 4.16. The maximum Gasteiger partial charge on any atom is 0.352 e. The average Bonchev–Trinajstić information content (AvgIpc) is 2.41. The van der Waals surface area contributed by atoms with Gasteiger partial charge in [0.25, 0.3) is 0 Å². The zero-order valence-electron chi connectivity index (χ0n) is 9.98. The van der Waals surface area contributed by atoms with Gasteiger partial charge in [0.15, 0.2) is 5.43 Å². The van der Waals surface area contributed by atoms with Gasteiger partial charge < -0.3 is 19.9 Å². The lowest BCUT2D eigenvalue weighted by molar-refractivity contribution is 0.0656. The summed E-state index contributed by atoms with van der Waals surface area (Å²) in [5.74, 6) is -1.26. The third kappa shape index (κ3) is 2.49. The number of para-hydroxylation sites is 1. The maximum atomic E-state index is 11.8. The van der Waals surface area contributed by atoms with Gasteiger partial charge in [-0.05, 0) is 12.1 Å². The normalized spacial score (nSPS) is 12.5. The summed E-state index contributed by atoms with van der Waals surface area (Å²) >= 11 is 0. The van der Waals surface area contributed by atoms with Crippen LogP contribution in [-0.2, 0) is 6.54 Å². The summed E-state index contributed by atoms with van der Waals surface area (Å²) in [6.45, 7) is -0.585. The van der Waals surface area contributed by atoms with Crippen LogP contribution in [0.2, 0.25) is 0 Å². The van der Waals surface area contributed by atoms with E-state index in [0.717, 1.165) is 6.07 Å². The Morgan fingerprint density at radius 3 is 2.63 bits per heavy atom. The summed E-state index contributed by atoms with van der Waals surface area (Å²) in [6, 6.07) is 7.57. The molecule has 0 aliphatic rings. The van der Waals surface area contributed by atoms with E-state index < -0.39 is 18.7 Å². The SMILES string of the molecule is O=C(O)c1cc(=O)c2ccccc2n1CC(O)CO. The first-order valence-electron chi connectivity index (χ1n) is 5.69. The number of aliphatic hydroxyl groups is 2. The molecule has 0 saturated heterocycles. The first kappa shape index (κ1) is 13.3. The maximum absolute atomic E-state index is 11.8. The second kappa shape index (κ2) is 5.21. The highest BCUT2D eigenvalue weighted by Gasteiger charge is 2.16. The Morgan fingerprint density at radius 2 is 2.00 bits per heavy atom. The van der Waals surface area contributed by atoms with E-state index in [-0.39, 0.29) is 17.7 Å². The fourth-order valence-corrected chi connectivity index (χ4v) is 1.97. The molecule has 0 aliphatic carbocycles. The molecule has 3 N–H and O–H groups in total. The van der Waals surface area contributed by atoms with Gasteiger partial charge >= 0.3 is 5.97 Å². The number of fused-ring (bicyclic) bond motifs is 1. The van der Waals surface area contributed by atoms with Crippen molar-refractivity contribution in [2.75, 3.05) is 6.61 Å². The lowest BCUT2D eigenvalue weighted by atomic mass is 10.1. The molecule has 100 valence electrons. The van der Waals surface area contributed by atoms with Crippen molar-refractivity contribution in [3.05, 3.63) is 46.2 Å². The van der Waals surface area contributed by atoms with Crippen LogP contribution in [0.5, 0.6) is 0 Å². The molecule has 0 amide bonds. The summed E-state index contributed by atoms with van der Waals surface area (Å²) in [5.41, 5.74) is -0.182. The zero-order valence-corrected chi connectivity index (χ0v) is 9.98. The number of pyridine rings is 1. The van der Waals surface area contributed by atoms with Crippen LogP contribution < -0.4 is 5.43 Å². The van der Waals surface area contributed by atoms with Crippen LogP contribution in [0.3, 0.4) is 0 Å². The molecule has 1 heterocycles. The Balaban J connectivity index is 2.75. The quantitative estimate of drug-likeness (QED) is 0.724. The lowest BCUT2D eigenvalue weighted by Crippen LogP contribution is -2.26. The molecule has 0 saturated carbocycles. The highest BCUT2D eigenvalue weighted by Crippen LogP contribution is 2.14. The molecule has 2 aromatic rings. The fourth-order valence-electron chi connectivity index (χ4n) is 1.97. The van der Waals surface area contributed by atoms with Crippen LogP contribution in [0, 0.1) is 0 Å². The molecular formula is C13H13NO5. The topological polar surface area (TPSA) is 99.8 Å². The first-order valence-corrected chi connectivity index (χ1v) is 5.69. The molecule has 0 spiro atoms. The monoisotopic (exact) mass is 263 g/mol. The second-order valence-electron chi connectivity index (χ2n) is 4.16. The number of aromatic carboxylic acids is 1. The number of aromatic nitrogens is 1. The van der Waals surface area contributed by atoms with Crippen molar-refractivity contribution in [1.82, 2.24) is 4.57 Å². The molecule has 19 heavy (non-hydrogen) atoms. The number of carboxylic acids is 1. The van der Waals surface area contributed by atoms with E-state index in [4.69, 9.17) is 10.2 Å². The van der Waals surface area contributed by atoms with Crippen molar-refractivity contribution in [1.29, 1.82) is 0 Å². The van der Waals surface area contributed by atoms with Crippen molar-refractivity contribution in [2.45, 2.75) is 12.6 Å². The summed E-state index contributed by atoms with van der Waals surface area (Å²) in [6.07, 6.45) is -1.09. The first-order chi connectivity index (χ1) is 9.04. The van der Waals surface area contributed by atoms with Gasteiger partial charge in [0, 0.05) is 11.5 Å². The van der Waals surface area contributed by atoms with Gasteiger partial charge in [-0.2, -0.15) is 0 Å². The Hall–Kier alpha value is -2.18. The van der Waals surface area contributed by atoms with E-state index >= 15 is 0 Å². The minimum absolute atomic E-state index is 0.0983. The highest BCUT2D eigenvalue weighted by atomic mass is 16.4. The minimum Gasteiger partial charge on any atom is -0.477 e. The third-order valence-corrected chi connectivity index (χ3v) is 2.84. The standard InChI is InChI=1S/C13H13NO5/c15-7-8(16)6-14-10-4-2-1-3-9(10)12(17)5-11(14)13(18)19/h1-5,8,15-16H,6-7H2,(H,18,19). The van der Waals surface area contributed by atoms with Gasteiger partial charge in [0.2, 0.25) is 0 Å². The van der Waals surface area contributed by atoms with E-state index in [1.165, 1.54) is 4.57 Å².